The van der Waals surface area contributed by atoms with E-state index in [1.807, 2.05) is 48.5 Å². The van der Waals surface area contributed by atoms with Gasteiger partial charge in [0.1, 0.15) is 0 Å². The fourth-order valence-electron chi connectivity index (χ4n) is 3.04. The van der Waals surface area contributed by atoms with E-state index in [4.69, 9.17) is 11.6 Å². The molecular formula is C23H23ClN2O2. The van der Waals surface area contributed by atoms with Crippen LogP contribution in [0.3, 0.4) is 0 Å². The van der Waals surface area contributed by atoms with Crippen LogP contribution in [-0.4, -0.2) is 17.0 Å². The maximum absolute atomic E-state index is 13.2. The summed E-state index contributed by atoms with van der Waals surface area (Å²) >= 11 is 6.04. The Balaban J connectivity index is 1.91. The highest BCUT2D eigenvalue weighted by molar-refractivity contribution is 6.30. The van der Waals surface area contributed by atoms with Gasteiger partial charge in [-0.15, -0.1) is 0 Å². The summed E-state index contributed by atoms with van der Waals surface area (Å²) in [5.41, 5.74) is 2.09. The van der Waals surface area contributed by atoms with Crippen LogP contribution in [0, 0.1) is 0 Å². The Morgan fingerprint density at radius 2 is 1.82 bits per heavy atom. The summed E-state index contributed by atoms with van der Waals surface area (Å²) in [7, 11) is 0. The molecule has 0 unspecified atom stereocenters. The summed E-state index contributed by atoms with van der Waals surface area (Å²) in [6.45, 7) is 3.09. The second-order valence-corrected chi connectivity index (χ2v) is 7.10. The molecule has 0 radical (unpaired) electrons. The van der Waals surface area contributed by atoms with Crippen molar-refractivity contribution >= 4 is 23.2 Å². The minimum Gasteiger partial charge on any atom is -0.310 e. The largest absolute Gasteiger partial charge is 0.310 e. The highest BCUT2D eigenvalue weighted by Gasteiger charge is 2.18. The van der Waals surface area contributed by atoms with Gasteiger partial charge in [0.05, 0.1) is 12.1 Å². The van der Waals surface area contributed by atoms with Crippen molar-refractivity contribution in [3.8, 4) is 0 Å². The zero-order valence-corrected chi connectivity index (χ0v) is 16.6. The molecule has 3 aromatic rings. The van der Waals surface area contributed by atoms with Crippen LogP contribution in [0.25, 0.3) is 0 Å². The smallest absolute Gasteiger partial charge is 0.259 e. The number of halogens is 1. The quantitative estimate of drug-likeness (QED) is 0.566. The molecule has 0 aliphatic rings. The number of anilines is 1. The molecule has 0 aliphatic carbocycles. The van der Waals surface area contributed by atoms with E-state index < -0.39 is 0 Å². The summed E-state index contributed by atoms with van der Waals surface area (Å²) in [4.78, 5) is 27.3. The Hall–Kier alpha value is -2.85. The monoisotopic (exact) mass is 394 g/mol. The van der Waals surface area contributed by atoms with E-state index in [-0.39, 0.29) is 11.5 Å². The number of hydrogen-bond acceptors (Lipinski definition) is 2. The van der Waals surface area contributed by atoms with Crippen molar-refractivity contribution in [1.29, 1.82) is 0 Å². The van der Waals surface area contributed by atoms with E-state index in [1.54, 1.807) is 27.8 Å². The van der Waals surface area contributed by atoms with Crippen LogP contribution in [0.15, 0.2) is 77.7 Å². The van der Waals surface area contributed by atoms with Crippen molar-refractivity contribution in [2.45, 2.75) is 26.3 Å². The number of amides is 1. The number of unbranched alkanes of at least 4 members (excludes halogenated alkanes) is 1. The zero-order valence-electron chi connectivity index (χ0n) is 15.8. The average molecular weight is 395 g/mol. The SMILES string of the molecule is CCCCN(C(=O)c1ccc(=O)n(Cc2cccc(Cl)c2)c1)c1ccccc1. The first-order valence-electron chi connectivity index (χ1n) is 9.40. The number of para-hydroxylation sites is 1. The molecule has 1 amide bonds. The van der Waals surface area contributed by atoms with Crippen LogP contribution >= 0.6 is 11.6 Å². The van der Waals surface area contributed by atoms with Crippen molar-refractivity contribution in [3.05, 3.63) is 99.4 Å². The predicted molar refractivity (Wildman–Crippen MR) is 114 cm³/mol. The van der Waals surface area contributed by atoms with Crippen LogP contribution in [-0.2, 0) is 6.54 Å². The van der Waals surface area contributed by atoms with Gasteiger partial charge in [-0.1, -0.05) is 55.3 Å². The molecule has 144 valence electrons. The number of carbonyl (C=O) groups excluding carboxylic acids is 1. The maximum atomic E-state index is 13.2. The van der Waals surface area contributed by atoms with E-state index in [0.29, 0.717) is 23.7 Å². The number of pyridine rings is 1. The van der Waals surface area contributed by atoms with Crippen LogP contribution in [0.5, 0.6) is 0 Å². The summed E-state index contributed by atoms with van der Waals surface area (Å²) in [5.74, 6) is -0.112. The third-order valence-electron chi connectivity index (χ3n) is 4.52. The number of aromatic nitrogens is 1. The molecule has 0 spiro atoms. The number of nitrogens with zero attached hydrogens (tertiary/aromatic N) is 2. The van der Waals surface area contributed by atoms with Crippen LogP contribution in [0.4, 0.5) is 5.69 Å². The Morgan fingerprint density at radius 3 is 2.54 bits per heavy atom. The minimum atomic E-state index is -0.156. The van der Waals surface area contributed by atoms with Gasteiger partial charge in [0.2, 0.25) is 0 Å². The fraction of sp³-hybridized carbons (Fsp3) is 0.217. The molecule has 3 rings (SSSR count). The Morgan fingerprint density at radius 1 is 1.04 bits per heavy atom. The minimum absolute atomic E-state index is 0.112. The molecule has 0 saturated heterocycles. The first-order valence-corrected chi connectivity index (χ1v) is 9.78. The highest BCUT2D eigenvalue weighted by atomic mass is 35.5. The second-order valence-electron chi connectivity index (χ2n) is 6.66. The molecule has 2 aromatic carbocycles. The van der Waals surface area contributed by atoms with Gasteiger partial charge in [0, 0.05) is 29.5 Å². The lowest BCUT2D eigenvalue weighted by atomic mass is 10.2. The molecule has 0 fully saturated rings. The number of rotatable bonds is 7. The second kappa shape index (κ2) is 9.38. The molecule has 5 heteroatoms. The zero-order chi connectivity index (χ0) is 19.9. The Kier molecular flexibility index (Phi) is 6.66. The first kappa shape index (κ1) is 19.9. The fourth-order valence-corrected chi connectivity index (χ4v) is 3.25. The normalized spacial score (nSPS) is 10.6. The lowest BCUT2D eigenvalue weighted by Crippen LogP contribution is -2.33. The van der Waals surface area contributed by atoms with E-state index in [1.165, 1.54) is 6.07 Å². The van der Waals surface area contributed by atoms with Gasteiger partial charge in [-0.2, -0.15) is 0 Å². The summed E-state index contributed by atoms with van der Waals surface area (Å²) in [6.07, 6.45) is 3.53. The maximum Gasteiger partial charge on any atom is 0.259 e. The van der Waals surface area contributed by atoms with Crippen LogP contribution in [0.1, 0.15) is 35.7 Å². The third-order valence-corrected chi connectivity index (χ3v) is 4.76. The average Bonchev–Trinajstić information content (AvgIpc) is 2.70. The first-order chi connectivity index (χ1) is 13.6. The number of benzene rings is 2. The summed E-state index contributed by atoms with van der Waals surface area (Å²) < 4.78 is 1.54. The van der Waals surface area contributed by atoms with Gasteiger partial charge in [-0.05, 0) is 42.3 Å². The molecule has 0 N–H and O–H groups in total. The van der Waals surface area contributed by atoms with Crippen molar-refractivity contribution < 1.29 is 4.79 Å². The van der Waals surface area contributed by atoms with Gasteiger partial charge < -0.3 is 9.47 Å². The van der Waals surface area contributed by atoms with Crippen LogP contribution in [0.2, 0.25) is 5.02 Å². The van der Waals surface area contributed by atoms with Crippen molar-refractivity contribution in [3.63, 3.8) is 0 Å². The number of hydrogen-bond donors (Lipinski definition) is 0. The Bertz CT molecular complexity index is 999. The van der Waals surface area contributed by atoms with Crippen molar-refractivity contribution in [2.75, 3.05) is 11.4 Å². The van der Waals surface area contributed by atoms with E-state index in [9.17, 15) is 9.59 Å². The standard InChI is InChI=1S/C23H23ClN2O2/c1-2-3-14-26(21-10-5-4-6-11-21)23(28)19-12-13-22(27)25(17-19)16-18-8-7-9-20(24)15-18/h4-13,15,17H,2-3,14,16H2,1H3. The molecule has 0 bridgehead atoms. The van der Waals surface area contributed by atoms with Gasteiger partial charge >= 0.3 is 0 Å². The number of carbonyl (C=O) groups is 1. The molecule has 28 heavy (non-hydrogen) atoms. The van der Waals surface area contributed by atoms with Crippen LogP contribution < -0.4 is 10.5 Å². The molecule has 0 saturated carbocycles. The lowest BCUT2D eigenvalue weighted by molar-refractivity contribution is 0.0985. The summed E-state index contributed by atoms with van der Waals surface area (Å²) in [6, 6.07) is 20.0. The van der Waals surface area contributed by atoms with E-state index >= 15 is 0 Å². The molecule has 0 aliphatic heterocycles. The van der Waals surface area contributed by atoms with Gasteiger partial charge in [0.15, 0.2) is 0 Å². The van der Waals surface area contributed by atoms with E-state index in [0.717, 1.165) is 24.1 Å². The third kappa shape index (κ3) is 4.90. The topological polar surface area (TPSA) is 42.3 Å². The molecule has 4 nitrogen and oxygen atoms in total. The van der Waals surface area contributed by atoms with Crippen molar-refractivity contribution in [2.24, 2.45) is 0 Å². The predicted octanol–water partition coefficient (Wildman–Crippen LogP) is 5.00. The van der Waals surface area contributed by atoms with Gasteiger partial charge in [0.25, 0.3) is 11.5 Å². The molecule has 1 aromatic heterocycles. The van der Waals surface area contributed by atoms with Gasteiger partial charge in [-0.3, -0.25) is 9.59 Å². The molecular weight excluding hydrogens is 372 g/mol. The molecule has 0 atom stereocenters. The van der Waals surface area contributed by atoms with Crippen molar-refractivity contribution in [1.82, 2.24) is 4.57 Å². The lowest BCUT2D eigenvalue weighted by Gasteiger charge is -2.23. The Labute approximate surface area is 170 Å². The van der Waals surface area contributed by atoms with Gasteiger partial charge in [-0.25, -0.2) is 0 Å². The van der Waals surface area contributed by atoms with E-state index in [2.05, 4.69) is 6.92 Å². The summed E-state index contributed by atoms with van der Waals surface area (Å²) in [5, 5.41) is 0.618. The molecule has 1 heterocycles. The highest BCUT2D eigenvalue weighted by Crippen LogP contribution is 2.18.